The van der Waals surface area contributed by atoms with E-state index in [2.05, 4.69) is 10.4 Å². The van der Waals surface area contributed by atoms with Gasteiger partial charge in [-0.1, -0.05) is 18.2 Å². The van der Waals surface area contributed by atoms with Gasteiger partial charge in [0.15, 0.2) is 0 Å². The Kier molecular flexibility index (Phi) is 4.15. The first-order valence-corrected chi connectivity index (χ1v) is 5.89. The van der Waals surface area contributed by atoms with Crippen molar-refractivity contribution in [1.29, 1.82) is 0 Å². The van der Waals surface area contributed by atoms with Crippen molar-refractivity contribution in [3.05, 3.63) is 47.8 Å². The third-order valence-electron chi connectivity index (χ3n) is 2.69. The normalized spacial score (nSPS) is 10.4. The molecule has 19 heavy (non-hydrogen) atoms. The lowest BCUT2D eigenvalue weighted by Crippen LogP contribution is -2.06. The van der Waals surface area contributed by atoms with Crippen molar-refractivity contribution in [2.24, 2.45) is 0 Å². The van der Waals surface area contributed by atoms with Crippen LogP contribution < -0.4 is 5.32 Å². The molecule has 3 N–H and O–H groups in total. The topological polar surface area (TPSA) is 87.4 Å². The zero-order valence-electron chi connectivity index (χ0n) is 10.3. The van der Waals surface area contributed by atoms with Crippen LogP contribution in [0.5, 0.6) is 0 Å². The molecule has 0 amide bonds. The Labute approximate surface area is 110 Å². The number of carboxylic acids is 1. The van der Waals surface area contributed by atoms with Crippen LogP contribution in [0.4, 0.5) is 5.69 Å². The van der Waals surface area contributed by atoms with Gasteiger partial charge in [-0.15, -0.1) is 0 Å². The summed E-state index contributed by atoms with van der Waals surface area (Å²) in [5, 5.41) is 25.0. The molecule has 0 bridgehead atoms. The van der Waals surface area contributed by atoms with Crippen LogP contribution in [-0.4, -0.2) is 32.6 Å². The van der Waals surface area contributed by atoms with Crippen molar-refractivity contribution in [3.8, 4) is 0 Å². The van der Waals surface area contributed by atoms with Crippen molar-refractivity contribution in [1.82, 2.24) is 9.78 Å². The van der Waals surface area contributed by atoms with Crippen LogP contribution in [0.15, 0.2) is 36.7 Å². The minimum Gasteiger partial charge on any atom is -0.478 e. The van der Waals surface area contributed by atoms with E-state index >= 15 is 0 Å². The standard InChI is InChI=1S/C13H15N3O3/c17-6-5-16-9-11(8-15-16)14-7-10-3-1-2-4-12(10)13(18)19/h1-4,8-9,14,17H,5-7H2,(H,18,19). The molecule has 0 spiro atoms. The summed E-state index contributed by atoms with van der Waals surface area (Å²) >= 11 is 0. The molecule has 6 nitrogen and oxygen atoms in total. The fourth-order valence-electron chi connectivity index (χ4n) is 1.76. The summed E-state index contributed by atoms with van der Waals surface area (Å²) in [7, 11) is 0. The summed E-state index contributed by atoms with van der Waals surface area (Å²) in [6.07, 6.45) is 3.40. The van der Waals surface area contributed by atoms with E-state index in [1.807, 2.05) is 0 Å². The minimum atomic E-state index is -0.937. The molecule has 100 valence electrons. The number of rotatable bonds is 6. The van der Waals surface area contributed by atoms with Crippen molar-refractivity contribution in [2.45, 2.75) is 13.1 Å². The first-order valence-electron chi connectivity index (χ1n) is 5.89. The number of aliphatic hydroxyl groups excluding tert-OH is 1. The number of benzene rings is 1. The maximum Gasteiger partial charge on any atom is 0.336 e. The molecule has 0 saturated carbocycles. The van der Waals surface area contributed by atoms with Crippen molar-refractivity contribution >= 4 is 11.7 Å². The van der Waals surface area contributed by atoms with Crippen molar-refractivity contribution in [2.75, 3.05) is 11.9 Å². The minimum absolute atomic E-state index is 0.0307. The highest BCUT2D eigenvalue weighted by Gasteiger charge is 2.08. The number of hydrogen-bond acceptors (Lipinski definition) is 4. The van der Waals surface area contributed by atoms with Gasteiger partial charge in [-0.2, -0.15) is 5.10 Å². The third-order valence-corrected chi connectivity index (χ3v) is 2.69. The molecular formula is C13H15N3O3. The van der Waals surface area contributed by atoms with Crippen LogP contribution >= 0.6 is 0 Å². The van der Waals surface area contributed by atoms with E-state index in [0.717, 1.165) is 5.69 Å². The van der Waals surface area contributed by atoms with E-state index in [0.29, 0.717) is 18.7 Å². The Morgan fingerprint density at radius 3 is 2.89 bits per heavy atom. The smallest absolute Gasteiger partial charge is 0.336 e. The lowest BCUT2D eigenvalue weighted by atomic mass is 10.1. The Morgan fingerprint density at radius 1 is 1.37 bits per heavy atom. The predicted octanol–water partition coefficient (Wildman–Crippen LogP) is 1.19. The van der Waals surface area contributed by atoms with Gasteiger partial charge < -0.3 is 15.5 Å². The van der Waals surface area contributed by atoms with Crippen molar-refractivity contribution < 1.29 is 15.0 Å². The zero-order valence-corrected chi connectivity index (χ0v) is 10.3. The molecule has 0 radical (unpaired) electrons. The predicted molar refractivity (Wildman–Crippen MR) is 70.0 cm³/mol. The van der Waals surface area contributed by atoms with Crippen LogP contribution in [0.2, 0.25) is 0 Å². The van der Waals surface area contributed by atoms with Gasteiger partial charge in [0.1, 0.15) is 0 Å². The zero-order chi connectivity index (χ0) is 13.7. The number of hydrogen-bond donors (Lipinski definition) is 3. The highest BCUT2D eigenvalue weighted by Crippen LogP contribution is 2.12. The first-order chi connectivity index (χ1) is 9.20. The van der Waals surface area contributed by atoms with Gasteiger partial charge >= 0.3 is 5.97 Å². The van der Waals surface area contributed by atoms with Gasteiger partial charge in [0.05, 0.1) is 30.6 Å². The summed E-state index contributed by atoms with van der Waals surface area (Å²) in [6, 6.07) is 6.86. The maximum atomic E-state index is 11.1. The third kappa shape index (κ3) is 3.32. The van der Waals surface area contributed by atoms with Gasteiger partial charge in [-0.3, -0.25) is 4.68 Å². The molecule has 0 aliphatic heterocycles. The number of aromatic nitrogens is 2. The maximum absolute atomic E-state index is 11.1. The van der Waals surface area contributed by atoms with E-state index in [9.17, 15) is 4.79 Å². The van der Waals surface area contributed by atoms with Crippen LogP contribution in [0, 0.1) is 0 Å². The molecule has 0 saturated heterocycles. The van der Waals surface area contributed by atoms with Crippen LogP contribution in [0.25, 0.3) is 0 Å². The second-order valence-electron chi connectivity index (χ2n) is 4.03. The Hall–Kier alpha value is -2.34. The molecule has 0 fully saturated rings. The summed E-state index contributed by atoms with van der Waals surface area (Å²) in [5.41, 5.74) is 1.79. The molecule has 6 heteroatoms. The summed E-state index contributed by atoms with van der Waals surface area (Å²) in [5.74, 6) is -0.937. The number of carbonyl (C=O) groups is 1. The van der Waals surface area contributed by atoms with Crippen LogP contribution in [-0.2, 0) is 13.1 Å². The highest BCUT2D eigenvalue weighted by molar-refractivity contribution is 5.89. The van der Waals surface area contributed by atoms with Gasteiger partial charge in [0, 0.05) is 12.7 Å². The van der Waals surface area contributed by atoms with E-state index in [1.165, 1.54) is 0 Å². The molecule has 0 aliphatic carbocycles. The lowest BCUT2D eigenvalue weighted by Gasteiger charge is -2.07. The van der Waals surface area contributed by atoms with Gasteiger partial charge in [-0.05, 0) is 11.6 Å². The second-order valence-corrected chi connectivity index (χ2v) is 4.03. The number of nitrogens with zero attached hydrogens (tertiary/aromatic N) is 2. The van der Waals surface area contributed by atoms with Crippen LogP contribution in [0.3, 0.4) is 0 Å². The van der Waals surface area contributed by atoms with Crippen molar-refractivity contribution in [3.63, 3.8) is 0 Å². The first kappa shape index (κ1) is 13.1. The average molecular weight is 261 g/mol. The van der Waals surface area contributed by atoms with Gasteiger partial charge in [0.2, 0.25) is 0 Å². The Morgan fingerprint density at radius 2 is 2.16 bits per heavy atom. The average Bonchev–Trinajstić information content (AvgIpc) is 2.85. The van der Waals surface area contributed by atoms with E-state index in [-0.39, 0.29) is 12.2 Å². The number of aromatic carboxylic acids is 1. The van der Waals surface area contributed by atoms with E-state index < -0.39 is 5.97 Å². The fraction of sp³-hybridized carbons (Fsp3) is 0.231. The highest BCUT2D eigenvalue weighted by atomic mass is 16.4. The lowest BCUT2D eigenvalue weighted by molar-refractivity contribution is 0.0696. The largest absolute Gasteiger partial charge is 0.478 e. The van der Waals surface area contributed by atoms with Crippen LogP contribution in [0.1, 0.15) is 15.9 Å². The molecule has 1 heterocycles. The monoisotopic (exact) mass is 261 g/mol. The number of anilines is 1. The van der Waals surface area contributed by atoms with Gasteiger partial charge in [0.25, 0.3) is 0 Å². The number of aliphatic hydroxyl groups is 1. The van der Waals surface area contributed by atoms with Gasteiger partial charge in [-0.25, -0.2) is 4.79 Å². The van der Waals surface area contributed by atoms with E-state index in [4.69, 9.17) is 10.2 Å². The number of nitrogens with one attached hydrogen (secondary N) is 1. The Bertz CT molecular complexity index is 566. The summed E-state index contributed by atoms with van der Waals surface area (Å²) in [4.78, 5) is 11.1. The summed E-state index contributed by atoms with van der Waals surface area (Å²) < 4.78 is 1.62. The molecular weight excluding hydrogens is 246 g/mol. The molecule has 2 aromatic rings. The molecule has 1 aromatic carbocycles. The molecule has 0 atom stereocenters. The molecule has 1 aromatic heterocycles. The quantitative estimate of drug-likeness (QED) is 0.727. The second kappa shape index (κ2) is 6.01. The Balaban J connectivity index is 2.03. The van der Waals surface area contributed by atoms with E-state index in [1.54, 1.807) is 41.3 Å². The molecule has 2 rings (SSSR count). The summed E-state index contributed by atoms with van der Waals surface area (Å²) in [6.45, 7) is 0.879. The molecule has 0 unspecified atom stereocenters. The fourth-order valence-corrected chi connectivity index (χ4v) is 1.76. The molecule has 0 aliphatic rings. The SMILES string of the molecule is O=C(O)c1ccccc1CNc1cnn(CCO)c1. The number of carboxylic acid groups (broad SMARTS) is 1.